The van der Waals surface area contributed by atoms with Crippen molar-refractivity contribution in [1.82, 2.24) is 9.55 Å². The number of aliphatic hydroxyl groups excluding tert-OH is 1. The highest BCUT2D eigenvalue weighted by molar-refractivity contribution is 7.90. The minimum absolute atomic E-state index is 0.0430. The summed E-state index contributed by atoms with van der Waals surface area (Å²) in [4.78, 5) is 26.0. The minimum Gasteiger partial charge on any atom is -0.390 e. The van der Waals surface area contributed by atoms with E-state index in [2.05, 4.69) is 4.98 Å². The molecular weight excluding hydrogens is 408 g/mol. The molecule has 3 atom stereocenters. The fraction of sp³-hybridized carbons (Fsp3) is 0.444. The number of nitrogens with one attached hydrogen (secondary N) is 1. The standard InChI is InChI=1S/C18H21ClN2O6S/c1-2-11-8-21(18(24)20-17(11)23)16-7-14(22)15(27-16)10-28(25,26)9-12-5-3-4-6-13(12)19/h3-6,8,14-16,22H,2,7,9-10H2,1H3,(H,20,23,24)/t14-,15+,16+/m0/s1. The van der Waals surface area contributed by atoms with Crippen molar-refractivity contribution in [2.75, 3.05) is 5.75 Å². The maximum absolute atomic E-state index is 12.5. The zero-order valence-corrected chi connectivity index (χ0v) is 16.7. The van der Waals surface area contributed by atoms with Crippen molar-refractivity contribution in [3.8, 4) is 0 Å². The normalized spacial score (nSPS) is 22.5. The van der Waals surface area contributed by atoms with Crippen molar-refractivity contribution in [2.24, 2.45) is 0 Å². The van der Waals surface area contributed by atoms with Crippen molar-refractivity contribution in [3.05, 3.63) is 67.4 Å². The Morgan fingerprint density at radius 2 is 2.00 bits per heavy atom. The Hall–Kier alpha value is -1.94. The smallest absolute Gasteiger partial charge is 0.330 e. The lowest BCUT2D eigenvalue weighted by atomic mass is 10.2. The summed E-state index contributed by atoms with van der Waals surface area (Å²) >= 11 is 6.03. The lowest BCUT2D eigenvalue weighted by Crippen LogP contribution is -2.34. The molecule has 0 spiro atoms. The van der Waals surface area contributed by atoms with E-state index in [1.807, 2.05) is 0 Å². The molecule has 2 aromatic rings. The molecule has 0 unspecified atom stereocenters. The van der Waals surface area contributed by atoms with E-state index in [9.17, 15) is 23.1 Å². The quantitative estimate of drug-likeness (QED) is 0.709. The summed E-state index contributed by atoms with van der Waals surface area (Å²) in [6.45, 7) is 1.77. The topological polar surface area (TPSA) is 118 Å². The first-order valence-electron chi connectivity index (χ1n) is 8.82. The van der Waals surface area contributed by atoms with Crippen LogP contribution in [-0.4, -0.2) is 41.0 Å². The number of ether oxygens (including phenoxy) is 1. The van der Waals surface area contributed by atoms with E-state index in [0.717, 1.165) is 0 Å². The average Bonchev–Trinajstić information content (AvgIpc) is 2.96. The summed E-state index contributed by atoms with van der Waals surface area (Å²) < 4.78 is 31.9. The van der Waals surface area contributed by atoms with Crippen LogP contribution in [0.3, 0.4) is 0 Å². The molecule has 1 aliphatic heterocycles. The van der Waals surface area contributed by atoms with E-state index in [0.29, 0.717) is 22.6 Å². The molecule has 3 rings (SSSR count). The minimum atomic E-state index is -3.62. The van der Waals surface area contributed by atoms with E-state index in [-0.39, 0.29) is 12.2 Å². The van der Waals surface area contributed by atoms with Crippen LogP contribution < -0.4 is 11.2 Å². The summed E-state index contributed by atoms with van der Waals surface area (Å²) in [6, 6.07) is 6.64. The average molecular weight is 429 g/mol. The van der Waals surface area contributed by atoms with Crippen LogP contribution >= 0.6 is 11.6 Å². The molecule has 1 fully saturated rings. The highest BCUT2D eigenvalue weighted by Gasteiger charge is 2.38. The largest absolute Gasteiger partial charge is 0.390 e. The molecule has 0 radical (unpaired) electrons. The number of sulfone groups is 1. The second-order valence-electron chi connectivity index (χ2n) is 6.75. The summed E-state index contributed by atoms with van der Waals surface area (Å²) in [5.74, 6) is -0.683. The Labute approximate surface area is 166 Å². The van der Waals surface area contributed by atoms with E-state index in [4.69, 9.17) is 16.3 Å². The van der Waals surface area contributed by atoms with Crippen LogP contribution in [0.5, 0.6) is 0 Å². The van der Waals surface area contributed by atoms with Crippen LogP contribution in [0.1, 0.15) is 30.7 Å². The van der Waals surface area contributed by atoms with Gasteiger partial charge in [-0.25, -0.2) is 13.2 Å². The number of aliphatic hydroxyl groups is 1. The molecule has 0 aliphatic carbocycles. The van der Waals surface area contributed by atoms with E-state index in [1.54, 1.807) is 31.2 Å². The van der Waals surface area contributed by atoms with Gasteiger partial charge in [-0.1, -0.05) is 36.7 Å². The zero-order chi connectivity index (χ0) is 20.5. The molecule has 2 heterocycles. The maximum atomic E-state index is 12.5. The molecule has 1 aromatic carbocycles. The van der Waals surface area contributed by atoms with Gasteiger partial charge in [0.25, 0.3) is 5.56 Å². The highest BCUT2D eigenvalue weighted by Crippen LogP contribution is 2.29. The fourth-order valence-corrected chi connectivity index (χ4v) is 5.12. The van der Waals surface area contributed by atoms with Gasteiger partial charge < -0.3 is 9.84 Å². The molecule has 8 nitrogen and oxygen atoms in total. The number of hydrogen-bond acceptors (Lipinski definition) is 6. The van der Waals surface area contributed by atoms with E-state index in [1.165, 1.54) is 10.8 Å². The number of benzene rings is 1. The molecule has 1 saturated heterocycles. The molecule has 10 heteroatoms. The SMILES string of the molecule is CCc1cn([C@H]2C[C@H](O)[C@@H](CS(=O)(=O)Cc3ccccc3Cl)O2)c(=O)[nH]c1=O. The molecule has 28 heavy (non-hydrogen) atoms. The number of nitrogens with zero attached hydrogens (tertiary/aromatic N) is 1. The third kappa shape index (κ3) is 4.54. The fourth-order valence-electron chi connectivity index (χ4n) is 3.19. The Balaban J connectivity index is 1.76. The Morgan fingerprint density at radius 3 is 2.68 bits per heavy atom. The van der Waals surface area contributed by atoms with Crippen molar-refractivity contribution in [3.63, 3.8) is 0 Å². The number of aromatic nitrogens is 2. The van der Waals surface area contributed by atoms with Crippen molar-refractivity contribution in [2.45, 2.75) is 44.0 Å². The second kappa shape index (κ2) is 8.20. The van der Waals surface area contributed by atoms with Gasteiger partial charge in [-0.05, 0) is 18.1 Å². The molecule has 0 amide bonds. The lowest BCUT2D eigenvalue weighted by Gasteiger charge is -2.17. The summed E-state index contributed by atoms with van der Waals surface area (Å²) in [5.41, 5.74) is -0.273. The predicted octanol–water partition coefficient (Wildman–Crippen LogP) is 1.02. The number of aromatic amines is 1. The van der Waals surface area contributed by atoms with Crippen LogP contribution in [-0.2, 0) is 26.7 Å². The molecule has 0 bridgehead atoms. The van der Waals surface area contributed by atoms with Gasteiger partial charge in [0.15, 0.2) is 9.84 Å². The van der Waals surface area contributed by atoms with Crippen LogP contribution in [0.4, 0.5) is 0 Å². The Bertz CT molecular complexity index is 1080. The molecule has 0 saturated carbocycles. The van der Waals surface area contributed by atoms with Gasteiger partial charge in [0.05, 0.1) is 17.6 Å². The van der Waals surface area contributed by atoms with Gasteiger partial charge in [-0.15, -0.1) is 0 Å². The summed E-state index contributed by atoms with van der Waals surface area (Å²) in [7, 11) is -3.62. The van der Waals surface area contributed by atoms with Gasteiger partial charge in [-0.2, -0.15) is 0 Å². The van der Waals surface area contributed by atoms with Gasteiger partial charge in [-0.3, -0.25) is 14.3 Å². The summed E-state index contributed by atoms with van der Waals surface area (Å²) in [5, 5.41) is 10.6. The van der Waals surface area contributed by atoms with Crippen molar-refractivity contribution >= 4 is 21.4 Å². The van der Waals surface area contributed by atoms with Crippen LogP contribution in [0.2, 0.25) is 5.02 Å². The molecule has 1 aromatic heterocycles. The van der Waals surface area contributed by atoms with Crippen molar-refractivity contribution in [1.29, 1.82) is 0 Å². The first-order valence-corrected chi connectivity index (χ1v) is 11.0. The number of H-pyrrole nitrogens is 1. The highest BCUT2D eigenvalue weighted by atomic mass is 35.5. The number of hydrogen-bond donors (Lipinski definition) is 2. The van der Waals surface area contributed by atoms with Gasteiger partial charge in [0.2, 0.25) is 0 Å². The molecule has 2 N–H and O–H groups in total. The number of halogens is 1. The molecule has 1 aliphatic rings. The van der Waals surface area contributed by atoms with E-state index < -0.39 is 45.3 Å². The first-order chi connectivity index (χ1) is 13.2. The third-order valence-corrected chi connectivity index (χ3v) is 6.64. The van der Waals surface area contributed by atoms with E-state index >= 15 is 0 Å². The van der Waals surface area contributed by atoms with Gasteiger partial charge in [0.1, 0.15) is 12.3 Å². The molecule has 152 valence electrons. The lowest BCUT2D eigenvalue weighted by molar-refractivity contribution is -0.00848. The Kier molecular flexibility index (Phi) is 6.09. The van der Waals surface area contributed by atoms with Gasteiger partial charge in [0, 0.05) is 23.2 Å². The maximum Gasteiger partial charge on any atom is 0.330 e. The monoisotopic (exact) mass is 428 g/mol. The first kappa shape index (κ1) is 20.8. The Morgan fingerprint density at radius 1 is 1.29 bits per heavy atom. The van der Waals surface area contributed by atoms with Crippen LogP contribution in [0, 0.1) is 0 Å². The molecular formula is C18H21ClN2O6S. The zero-order valence-electron chi connectivity index (χ0n) is 15.2. The van der Waals surface area contributed by atoms with Crippen LogP contribution in [0.25, 0.3) is 0 Å². The summed E-state index contributed by atoms with van der Waals surface area (Å²) in [6.07, 6.45) is -1.05. The predicted molar refractivity (Wildman–Crippen MR) is 104 cm³/mol. The van der Waals surface area contributed by atoms with Crippen molar-refractivity contribution < 1.29 is 18.3 Å². The number of aryl methyl sites for hydroxylation is 1. The number of rotatable bonds is 6. The third-order valence-electron chi connectivity index (χ3n) is 4.69. The van der Waals surface area contributed by atoms with Gasteiger partial charge >= 0.3 is 5.69 Å². The van der Waals surface area contributed by atoms with Crippen LogP contribution in [0.15, 0.2) is 40.1 Å². The second-order valence-corrected chi connectivity index (χ2v) is 9.27.